The molecule has 3 aromatic carbocycles. The Morgan fingerprint density at radius 1 is 0.868 bits per heavy atom. The number of anilines is 1. The van der Waals surface area contributed by atoms with Crippen molar-refractivity contribution in [3.63, 3.8) is 0 Å². The van der Waals surface area contributed by atoms with Crippen LogP contribution in [0.3, 0.4) is 0 Å². The first-order valence-electron chi connectivity index (χ1n) is 13.7. The van der Waals surface area contributed by atoms with Gasteiger partial charge in [0.2, 0.25) is 0 Å². The van der Waals surface area contributed by atoms with Gasteiger partial charge in [-0.15, -0.1) is 0 Å². The second kappa shape index (κ2) is 17.8. The van der Waals surface area contributed by atoms with E-state index in [0.29, 0.717) is 18.4 Å². The molecule has 0 spiro atoms. The summed E-state index contributed by atoms with van der Waals surface area (Å²) in [6.07, 6.45) is 2.24. The van der Waals surface area contributed by atoms with Crippen LogP contribution >= 0.6 is 0 Å². The predicted octanol–water partition coefficient (Wildman–Crippen LogP) is 7.98. The van der Waals surface area contributed by atoms with Crippen LogP contribution in [0.5, 0.6) is 0 Å². The van der Waals surface area contributed by atoms with Crippen molar-refractivity contribution in [2.45, 2.75) is 76.6 Å². The van der Waals surface area contributed by atoms with E-state index in [-0.39, 0.29) is 11.9 Å². The summed E-state index contributed by atoms with van der Waals surface area (Å²) in [6, 6.07) is 29.0. The van der Waals surface area contributed by atoms with Gasteiger partial charge < -0.3 is 14.7 Å². The van der Waals surface area contributed by atoms with Crippen LogP contribution in [0.2, 0.25) is 3.98 Å². The zero-order chi connectivity index (χ0) is 27.8. The van der Waals surface area contributed by atoms with Gasteiger partial charge in [-0.25, -0.2) is 4.79 Å². The first kappa shape index (κ1) is 31.6. The Morgan fingerprint density at radius 3 is 1.89 bits per heavy atom. The maximum absolute atomic E-state index is 12.5. The topological polar surface area (TPSA) is 49.8 Å². The summed E-state index contributed by atoms with van der Waals surface area (Å²) in [4.78, 5) is 14.9. The molecule has 1 aliphatic heterocycles. The van der Waals surface area contributed by atoms with E-state index < -0.39 is 5.97 Å². The van der Waals surface area contributed by atoms with E-state index in [1.807, 2.05) is 45.0 Å². The average Bonchev–Trinajstić information content (AvgIpc) is 2.93. The van der Waals surface area contributed by atoms with Gasteiger partial charge in [0.05, 0.1) is 5.57 Å². The minimum absolute atomic E-state index is 0.167. The molecule has 0 amide bonds. The van der Waals surface area contributed by atoms with Crippen LogP contribution in [0.4, 0.5) is 5.69 Å². The number of aliphatic hydroxyl groups excluding tert-OH is 1. The van der Waals surface area contributed by atoms with Crippen molar-refractivity contribution in [1.82, 2.24) is 0 Å². The van der Waals surface area contributed by atoms with Crippen LogP contribution < -0.4 is 4.90 Å². The average molecular weight is 708 g/mol. The zero-order valence-electron chi connectivity index (χ0n) is 23.3. The fraction of sp³-hybridized carbons (Fsp3) is 0.364. The first-order chi connectivity index (χ1) is 18.5. The molecule has 4 nitrogen and oxygen atoms in total. The Bertz CT molecular complexity index is 1070. The number of aliphatic hydroxyl groups is 1. The second-order valence-corrected chi connectivity index (χ2v) is 11.7. The number of esters is 1. The molecule has 1 atom stereocenters. The Hall–Kier alpha value is -2.61. The van der Waals surface area contributed by atoms with Crippen LogP contribution in [-0.4, -0.2) is 42.9 Å². The van der Waals surface area contributed by atoms with Crippen molar-refractivity contribution < 1.29 is 14.6 Å². The summed E-state index contributed by atoms with van der Waals surface area (Å²) in [5.74, 6) is -0.228. The number of hydrogen-bond donors (Lipinski definition) is 1. The fourth-order valence-corrected chi connectivity index (χ4v) is 4.29. The molecular weight excluding hydrogens is 666 g/mol. The number of benzene rings is 3. The number of carbonyl (C=O) groups excluding carboxylic acids is 1. The second-order valence-electron chi connectivity index (χ2n) is 8.97. The van der Waals surface area contributed by atoms with Gasteiger partial charge in [-0.1, -0.05) is 100.0 Å². The molecule has 1 heterocycles. The molecule has 38 heavy (non-hydrogen) atoms. The van der Waals surface area contributed by atoms with Crippen molar-refractivity contribution >= 4 is 37.4 Å². The Morgan fingerprint density at radius 2 is 1.39 bits per heavy atom. The number of nitrogens with zero attached hydrogens (tertiary/aromatic N) is 1. The third kappa shape index (κ3) is 10.3. The van der Waals surface area contributed by atoms with Gasteiger partial charge >= 0.3 is 42.6 Å². The van der Waals surface area contributed by atoms with Crippen LogP contribution in [0, 0.1) is 0 Å². The SMILES string of the molecule is CC.CCCC1CC(O)=C(Cc2cccc(N(Cc3ccccc3)Cc3ccccc3)c2)C(=O)O1.C[CH2][Pb]. The molecular formula is C33H42NO3Pb. The molecule has 201 valence electrons. The van der Waals surface area contributed by atoms with E-state index in [1.165, 1.54) is 40.9 Å². The number of rotatable bonds is 9. The van der Waals surface area contributed by atoms with Crippen LogP contribution in [0.25, 0.3) is 0 Å². The van der Waals surface area contributed by atoms with Crippen molar-refractivity contribution in [2.75, 3.05) is 4.90 Å². The van der Waals surface area contributed by atoms with E-state index in [0.717, 1.165) is 37.2 Å². The zero-order valence-corrected chi connectivity index (χ0v) is 27.2. The van der Waals surface area contributed by atoms with Gasteiger partial charge in [-0.3, -0.25) is 0 Å². The molecule has 3 aromatic rings. The van der Waals surface area contributed by atoms with E-state index in [2.05, 4.69) is 72.5 Å². The third-order valence-corrected chi connectivity index (χ3v) is 5.99. The Labute approximate surface area is 245 Å². The van der Waals surface area contributed by atoms with Gasteiger partial charge in [0, 0.05) is 31.6 Å². The third-order valence-electron chi connectivity index (χ3n) is 5.99. The van der Waals surface area contributed by atoms with E-state index in [1.54, 1.807) is 0 Å². The number of ether oxygens (including phenoxy) is 1. The first-order valence-corrected chi connectivity index (χ1v) is 16.5. The molecule has 0 fully saturated rings. The molecule has 0 aliphatic carbocycles. The quantitative estimate of drug-likeness (QED) is 0.181. The molecule has 5 heteroatoms. The Balaban J connectivity index is 0.000000947. The number of hydrogen-bond acceptors (Lipinski definition) is 4. The molecule has 0 saturated carbocycles. The summed E-state index contributed by atoms with van der Waals surface area (Å²) in [6.45, 7) is 9.78. The van der Waals surface area contributed by atoms with Gasteiger partial charge in [-0.2, -0.15) is 0 Å². The maximum atomic E-state index is 12.5. The molecule has 1 aliphatic rings. The van der Waals surface area contributed by atoms with E-state index in [9.17, 15) is 9.90 Å². The van der Waals surface area contributed by atoms with Crippen molar-refractivity contribution in [3.8, 4) is 0 Å². The van der Waals surface area contributed by atoms with Gasteiger partial charge in [0.25, 0.3) is 0 Å². The van der Waals surface area contributed by atoms with Gasteiger partial charge in [0.15, 0.2) is 0 Å². The van der Waals surface area contributed by atoms with Crippen LogP contribution in [0.15, 0.2) is 96.3 Å². The van der Waals surface area contributed by atoms with Crippen molar-refractivity contribution in [1.29, 1.82) is 0 Å². The van der Waals surface area contributed by atoms with Crippen LogP contribution in [0.1, 0.15) is 63.6 Å². The van der Waals surface area contributed by atoms with Crippen molar-refractivity contribution in [3.05, 3.63) is 113 Å². The van der Waals surface area contributed by atoms with Gasteiger partial charge in [0.1, 0.15) is 11.9 Å². The number of cyclic esters (lactones) is 1. The summed E-state index contributed by atoms with van der Waals surface area (Å²) >= 11 is 1.37. The normalized spacial score (nSPS) is 14.4. The molecule has 0 bridgehead atoms. The molecule has 1 N–H and O–H groups in total. The Kier molecular flexibility index (Phi) is 14.8. The van der Waals surface area contributed by atoms with Crippen LogP contribution in [-0.2, 0) is 29.0 Å². The predicted molar refractivity (Wildman–Crippen MR) is 160 cm³/mol. The van der Waals surface area contributed by atoms with E-state index >= 15 is 0 Å². The van der Waals surface area contributed by atoms with E-state index in [4.69, 9.17) is 4.74 Å². The molecule has 0 saturated heterocycles. The summed E-state index contributed by atoms with van der Waals surface area (Å²) < 4.78 is 6.94. The summed E-state index contributed by atoms with van der Waals surface area (Å²) in [5.41, 5.74) is 4.89. The standard InChI is InChI=1S/C29H31NO3.C2H6.C2H5.Pb/c1-2-10-26-19-28(31)27(29(32)33-26)18-24-15-9-16-25(17-24)30(20-22-11-5-3-6-12-22)21-23-13-7-4-8-14-23;2*1-2;/h3-9,11-17,26,31H,2,10,18-21H2,1H3;1-2H3;1H2,2H3;. The molecule has 3 radical (unpaired) electrons. The van der Waals surface area contributed by atoms with Crippen molar-refractivity contribution in [2.24, 2.45) is 0 Å². The summed E-state index contributed by atoms with van der Waals surface area (Å²) in [5, 5.41) is 10.5. The monoisotopic (exact) mass is 708 g/mol. The molecule has 0 aromatic heterocycles. The minimum atomic E-state index is -0.395. The number of carbonyl (C=O) groups is 1. The fourth-order valence-electron chi connectivity index (χ4n) is 4.29. The summed E-state index contributed by atoms with van der Waals surface area (Å²) in [7, 11) is 0. The molecule has 4 rings (SSSR count). The molecule has 1 unspecified atom stereocenters. The van der Waals surface area contributed by atoms with Gasteiger partial charge in [-0.05, 0) is 35.2 Å².